The minimum Gasteiger partial charge on any atom is -0.507 e. The van der Waals surface area contributed by atoms with Crippen LogP contribution in [0.15, 0.2) is 27.9 Å². The molecule has 6 heteroatoms. The van der Waals surface area contributed by atoms with Crippen LogP contribution in [0.1, 0.15) is 29.7 Å². The van der Waals surface area contributed by atoms with Crippen molar-refractivity contribution < 1.29 is 9.52 Å². The molecule has 0 saturated carbocycles. The van der Waals surface area contributed by atoms with Crippen molar-refractivity contribution in [2.75, 3.05) is 0 Å². The fourth-order valence-electron chi connectivity index (χ4n) is 2.89. The summed E-state index contributed by atoms with van der Waals surface area (Å²) in [6, 6.07) is 3.45. The third-order valence-electron chi connectivity index (χ3n) is 3.85. The van der Waals surface area contributed by atoms with Crippen LogP contribution in [0.25, 0.3) is 11.0 Å². The van der Waals surface area contributed by atoms with Crippen molar-refractivity contribution in [1.29, 1.82) is 0 Å². The van der Waals surface area contributed by atoms with Gasteiger partial charge >= 0.3 is 0 Å². The van der Waals surface area contributed by atoms with Crippen molar-refractivity contribution in [1.82, 2.24) is 15.2 Å². The lowest BCUT2D eigenvalue weighted by molar-refractivity contribution is 0.474. The molecule has 0 spiro atoms. The Morgan fingerprint density at radius 1 is 1.29 bits per heavy atom. The van der Waals surface area contributed by atoms with Crippen LogP contribution in [0.3, 0.4) is 0 Å². The van der Waals surface area contributed by atoms with Gasteiger partial charge in [-0.15, -0.1) is 0 Å². The van der Waals surface area contributed by atoms with Crippen LogP contribution in [0.2, 0.25) is 0 Å². The van der Waals surface area contributed by atoms with Gasteiger partial charge in [-0.05, 0) is 31.4 Å². The molecule has 6 nitrogen and oxygen atoms in total. The van der Waals surface area contributed by atoms with Crippen molar-refractivity contribution in [2.24, 2.45) is 4.99 Å². The smallest absolute Gasteiger partial charge is 0.245 e. The normalized spacial score (nSPS) is 14.9. The number of aliphatic imine (C=N–C) groups is 1. The third-order valence-corrected chi connectivity index (χ3v) is 3.85. The average molecular weight is 282 g/mol. The Bertz CT molecular complexity index is 818. The highest BCUT2D eigenvalue weighted by molar-refractivity contribution is 6.03. The first kappa shape index (κ1) is 12.1. The van der Waals surface area contributed by atoms with Gasteiger partial charge in [-0.1, -0.05) is 0 Å². The van der Waals surface area contributed by atoms with E-state index in [1.807, 2.05) is 6.07 Å². The number of phenols is 1. The Labute approximate surface area is 120 Å². The number of aromatic hydroxyl groups is 1. The molecule has 1 aliphatic rings. The molecule has 0 radical (unpaired) electrons. The van der Waals surface area contributed by atoms with E-state index >= 15 is 0 Å². The lowest BCUT2D eigenvalue weighted by Crippen LogP contribution is -1.99. The Kier molecular flexibility index (Phi) is 2.73. The highest BCUT2D eigenvalue weighted by atomic mass is 16.3. The van der Waals surface area contributed by atoms with E-state index < -0.39 is 0 Å². The number of rotatable bonds is 2. The quantitative estimate of drug-likeness (QED) is 0.707. The fraction of sp³-hybridized carbons (Fsp3) is 0.267. The molecule has 2 aromatic heterocycles. The summed E-state index contributed by atoms with van der Waals surface area (Å²) in [7, 11) is 0. The summed E-state index contributed by atoms with van der Waals surface area (Å²) in [5.74, 6) is 1.64. The SMILES string of the molecule is Oc1ccc2oc3c(c2c1C=Nc1ncn[nH]1)CCCC3. The number of fused-ring (bicyclic) bond motifs is 3. The second kappa shape index (κ2) is 4.73. The topological polar surface area (TPSA) is 87.3 Å². The number of H-pyrrole nitrogens is 1. The number of benzene rings is 1. The van der Waals surface area contributed by atoms with Gasteiger partial charge in [0.1, 0.15) is 23.4 Å². The average Bonchev–Trinajstić information content (AvgIpc) is 3.13. The molecular weight excluding hydrogens is 268 g/mol. The predicted molar refractivity (Wildman–Crippen MR) is 78.2 cm³/mol. The van der Waals surface area contributed by atoms with E-state index in [9.17, 15) is 5.11 Å². The van der Waals surface area contributed by atoms with Gasteiger partial charge in [-0.3, -0.25) is 0 Å². The number of phenolic OH excluding ortho intramolecular Hbond substituents is 1. The molecule has 1 aliphatic carbocycles. The Balaban J connectivity index is 1.90. The van der Waals surface area contributed by atoms with E-state index in [0.29, 0.717) is 11.5 Å². The van der Waals surface area contributed by atoms with Gasteiger partial charge < -0.3 is 9.52 Å². The van der Waals surface area contributed by atoms with Crippen LogP contribution in [0.5, 0.6) is 5.75 Å². The molecule has 0 atom stereocenters. The van der Waals surface area contributed by atoms with Gasteiger partial charge in [0.25, 0.3) is 0 Å². The summed E-state index contributed by atoms with van der Waals surface area (Å²) >= 11 is 0. The third kappa shape index (κ3) is 1.99. The van der Waals surface area contributed by atoms with Crippen LogP contribution in [-0.4, -0.2) is 26.5 Å². The van der Waals surface area contributed by atoms with Crippen LogP contribution in [0.4, 0.5) is 5.95 Å². The summed E-state index contributed by atoms with van der Waals surface area (Å²) in [5, 5.41) is 17.6. The summed E-state index contributed by atoms with van der Waals surface area (Å²) in [5.41, 5.74) is 2.68. The van der Waals surface area contributed by atoms with E-state index in [1.165, 1.54) is 11.9 Å². The Morgan fingerprint density at radius 3 is 3.05 bits per heavy atom. The maximum Gasteiger partial charge on any atom is 0.245 e. The van der Waals surface area contributed by atoms with Gasteiger partial charge in [-0.2, -0.15) is 10.1 Å². The number of hydrogen-bond acceptors (Lipinski definition) is 5. The standard InChI is InChI=1S/C15H14N4O2/c20-11-5-6-13-14(9-3-1-2-4-12(9)21-13)10(11)7-16-15-17-8-18-19-15/h5-8,20H,1-4H2,(H,17,18,19). The Hall–Kier alpha value is -2.63. The zero-order chi connectivity index (χ0) is 14.2. The van der Waals surface area contributed by atoms with Crippen LogP contribution >= 0.6 is 0 Å². The minimum absolute atomic E-state index is 0.194. The second-order valence-electron chi connectivity index (χ2n) is 5.15. The number of aromatic nitrogens is 3. The van der Waals surface area contributed by atoms with E-state index in [0.717, 1.165) is 42.4 Å². The molecule has 0 amide bonds. The summed E-state index contributed by atoms with van der Waals surface area (Å²) < 4.78 is 5.91. The summed E-state index contributed by atoms with van der Waals surface area (Å²) in [6.07, 6.45) is 7.25. The molecule has 2 N–H and O–H groups in total. The first-order chi connectivity index (χ1) is 10.3. The molecular formula is C15H14N4O2. The molecule has 0 fully saturated rings. The molecule has 1 aromatic carbocycles. The zero-order valence-corrected chi connectivity index (χ0v) is 11.3. The predicted octanol–water partition coefficient (Wildman–Crippen LogP) is 2.89. The molecule has 3 aromatic rings. The first-order valence-electron chi connectivity index (χ1n) is 6.98. The molecule has 106 valence electrons. The maximum absolute atomic E-state index is 10.2. The Morgan fingerprint density at radius 2 is 2.19 bits per heavy atom. The van der Waals surface area contributed by atoms with Crippen molar-refractivity contribution >= 4 is 23.1 Å². The first-order valence-corrected chi connectivity index (χ1v) is 6.98. The van der Waals surface area contributed by atoms with Gasteiger partial charge in [0.15, 0.2) is 0 Å². The summed E-state index contributed by atoms with van der Waals surface area (Å²) in [4.78, 5) is 8.17. The minimum atomic E-state index is 0.194. The summed E-state index contributed by atoms with van der Waals surface area (Å²) in [6.45, 7) is 0. The van der Waals surface area contributed by atoms with E-state index in [2.05, 4.69) is 20.2 Å². The van der Waals surface area contributed by atoms with Gasteiger partial charge in [-0.25, -0.2) is 10.1 Å². The van der Waals surface area contributed by atoms with Crippen molar-refractivity contribution in [2.45, 2.75) is 25.7 Å². The molecule has 2 heterocycles. The number of aryl methyl sites for hydroxylation is 2. The van der Waals surface area contributed by atoms with Crippen molar-refractivity contribution in [3.05, 3.63) is 35.3 Å². The van der Waals surface area contributed by atoms with Gasteiger partial charge in [0, 0.05) is 29.1 Å². The van der Waals surface area contributed by atoms with Gasteiger partial charge in [0.05, 0.1) is 0 Å². The van der Waals surface area contributed by atoms with E-state index in [1.54, 1.807) is 12.3 Å². The molecule has 0 bridgehead atoms. The van der Waals surface area contributed by atoms with Crippen molar-refractivity contribution in [3.63, 3.8) is 0 Å². The maximum atomic E-state index is 10.2. The number of furan rings is 1. The van der Waals surface area contributed by atoms with Crippen LogP contribution < -0.4 is 0 Å². The molecule has 21 heavy (non-hydrogen) atoms. The fourth-order valence-corrected chi connectivity index (χ4v) is 2.89. The molecule has 4 rings (SSSR count). The van der Waals surface area contributed by atoms with Crippen LogP contribution in [-0.2, 0) is 12.8 Å². The highest BCUT2D eigenvalue weighted by Gasteiger charge is 2.21. The van der Waals surface area contributed by atoms with Crippen LogP contribution in [0, 0.1) is 0 Å². The second-order valence-corrected chi connectivity index (χ2v) is 5.15. The lowest BCUT2D eigenvalue weighted by Gasteiger charge is -2.09. The number of aromatic amines is 1. The lowest BCUT2D eigenvalue weighted by atomic mass is 9.94. The number of hydrogen-bond donors (Lipinski definition) is 2. The number of nitrogens with zero attached hydrogens (tertiary/aromatic N) is 3. The van der Waals surface area contributed by atoms with E-state index in [4.69, 9.17) is 4.42 Å². The number of nitrogens with one attached hydrogen (secondary N) is 1. The molecule has 0 aliphatic heterocycles. The monoisotopic (exact) mass is 282 g/mol. The zero-order valence-electron chi connectivity index (χ0n) is 11.3. The molecule has 0 unspecified atom stereocenters. The van der Waals surface area contributed by atoms with Crippen molar-refractivity contribution in [3.8, 4) is 5.75 Å². The molecule has 0 saturated heterocycles. The van der Waals surface area contributed by atoms with Gasteiger partial charge in [0.2, 0.25) is 5.95 Å². The van der Waals surface area contributed by atoms with E-state index in [-0.39, 0.29) is 5.75 Å². The highest BCUT2D eigenvalue weighted by Crippen LogP contribution is 2.36. The largest absolute Gasteiger partial charge is 0.507 e.